The van der Waals surface area contributed by atoms with E-state index < -0.39 is 6.10 Å². The SMILES string of the molecule is C[C@@H](O)CNCc1cc(Nc2ccnc3cc(Cl)ccc23)c2c(c1O)CCCC2. The van der Waals surface area contributed by atoms with Crippen LogP contribution in [0.15, 0.2) is 36.5 Å². The lowest BCUT2D eigenvalue weighted by Gasteiger charge is -2.24. The van der Waals surface area contributed by atoms with Gasteiger partial charge in [-0.2, -0.15) is 0 Å². The molecule has 4 N–H and O–H groups in total. The Kier molecular flexibility index (Phi) is 5.90. The monoisotopic (exact) mass is 411 g/mol. The average Bonchev–Trinajstić information content (AvgIpc) is 2.71. The van der Waals surface area contributed by atoms with E-state index in [4.69, 9.17) is 11.6 Å². The minimum Gasteiger partial charge on any atom is -0.507 e. The second-order valence-corrected chi connectivity index (χ2v) is 8.16. The van der Waals surface area contributed by atoms with Gasteiger partial charge in [-0.3, -0.25) is 4.98 Å². The summed E-state index contributed by atoms with van der Waals surface area (Å²) in [5.41, 5.74) is 5.90. The number of fused-ring (bicyclic) bond motifs is 2. The molecule has 0 aliphatic heterocycles. The van der Waals surface area contributed by atoms with E-state index in [1.165, 1.54) is 5.56 Å². The van der Waals surface area contributed by atoms with E-state index >= 15 is 0 Å². The third-order valence-corrected chi connectivity index (χ3v) is 5.67. The van der Waals surface area contributed by atoms with Crippen molar-refractivity contribution in [3.63, 3.8) is 0 Å². The van der Waals surface area contributed by atoms with Gasteiger partial charge in [0, 0.05) is 46.6 Å². The zero-order chi connectivity index (χ0) is 20.4. The molecular formula is C23H26ClN3O2. The van der Waals surface area contributed by atoms with Crippen LogP contribution in [0, 0.1) is 0 Å². The van der Waals surface area contributed by atoms with Crippen LogP contribution in [-0.4, -0.2) is 27.8 Å². The van der Waals surface area contributed by atoms with Gasteiger partial charge in [0.1, 0.15) is 5.75 Å². The number of hydrogen-bond acceptors (Lipinski definition) is 5. The summed E-state index contributed by atoms with van der Waals surface area (Å²) in [6.45, 7) is 2.73. The molecule has 152 valence electrons. The average molecular weight is 412 g/mol. The van der Waals surface area contributed by atoms with Crippen LogP contribution in [-0.2, 0) is 19.4 Å². The number of nitrogens with one attached hydrogen (secondary N) is 2. The number of pyridine rings is 1. The Balaban J connectivity index is 1.73. The second kappa shape index (κ2) is 8.57. The maximum Gasteiger partial charge on any atom is 0.123 e. The van der Waals surface area contributed by atoms with E-state index in [1.54, 1.807) is 13.1 Å². The highest BCUT2D eigenvalue weighted by Gasteiger charge is 2.21. The molecule has 1 aromatic heterocycles. The molecule has 0 bridgehead atoms. The van der Waals surface area contributed by atoms with Crippen molar-refractivity contribution in [3.05, 3.63) is 58.2 Å². The fourth-order valence-electron chi connectivity index (χ4n) is 4.02. The van der Waals surface area contributed by atoms with Crippen molar-refractivity contribution in [1.82, 2.24) is 10.3 Å². The van der Waals surface area contributed by atoms with Gasteiger partial charge in [0.05, 0.1) is 11.6 Å². The molecule has 0 fully saturated rings. The number of hydrogen-bond donors (Lipinski definition) is 4. The van der Waals surface area contributed by atoms with Crippen molar-refractivity contribution < 1.29 is 10.2 Å². The molecule has 1 aliphatic rings. The van der Waals surface area contributed by atoms with Crippen LogP contribution in [0.3, 0.4) is 0 Å². The van der Waals surface area contributed by atoms with E-state index in [0.29, 0.717) is 23.9 Å². The number of phenols is 1. The first-order valence-corrected chi connectivity index (χ1v) is 10.5. The number of benzene rings is 2. The zero-order valence-corrected chi connectivity index (χ0v) is 17.3. The van der Waals surface area contributed by atoms with Crippen LogP contribution in [0.4, 0.5) is 11.4 Å². The highest BCUT2D eigenvalue weighted by Crippen LogP contribution is 2.39. The molecule has 1 atom stereocenters. The summed E-state index contributed by atoms with van der Waals surface area (Å²) in [6.07, 6.45) is 5.38. The van der Waals surface area contributed by atoms with Crippen LogP contribution in [0.5, 0.6) is 5.75 Å². The largest absolute Gasteiger partial charge is 0.507 e. The Morgan fingerprint density at radius 3 is 2.69 bits per heavy atom. The molecule has 5 nitrogen and oxygen atoms in total. The van der Waals surface area contributed by atoms with Crippen LogP contribution in [0.2, 0.25) is 5.02 Å². The van der Waals surface area contributed by atoms with Crippen LogP contribution >= 0.6 is 11.6 Å². The molecule has 29 heavy (non-hydrogen) atoms. The van der Waals surface area contributed by atoms with Gasteiger partial charge in [0.25, 0.3) is 0 Å². The second-order valence-electron chi connectivity index (χ2n) is 7.72. The molecule has 0 radical (unpaired) electrons. The molecule has 0 amide bonds. The summed E-state index contributed by atoms with van der Waals surface area (Å²) in [5.74, 6) is 0.384. The number of anilines is 2. The van der Waals surface area contributed by atoms with Gasteiger partial charge in [0.2, 0.25) is 0 Å². The zero-order valence-electron chi connectivity index (χ0n) is 16.5. The standard InChI is InChI=1S/C23H26ClN3O2/c1-14(28)12-25-13-15-10-22(17-4-2-3-5-18(17)23(15)29)27-20-8-9-26-21-11-16(24)6-7-19(20)21/h6-11,14,25,28-29H,2-5,12-13H2,1H3,(H,26,27)/t14-/m1/s1. The number of halogens is 1. The summed E-state index contributed by atoms with van der Waals surface area (Å²) in [5, 5.41) is 28.8. The minimum absolute atomic E-state index is 0.384. The van der Waals surface area contributed by atoms with Crippen molar-refractivity contribution in [2.45, 2.75) is 45.3 Å². The topological polar surface area (TPSA) is 77.4 Å². The van der Waals surface area contributed by atoms with Gasteiger partial charge < -0.3 is 20.8 Å². The van der Waals surface area contributed by atoms with Crippen LogP contribution in [0.1, 0.15) is 36.5 Å². The maximum absolute atomic E-state index is 10.8. The molecular weight excluding hydrogens is 386 g/mol. The lowest BCUT2D eigenvalue weighted by Crippen LogP contribution is -2.24. The van der Waals surface area contributed by atoms with Gasteiger partial charge in [-0.15, -0.1) is 0 Å². The summed E-state index contributed by atoms with van der Waals surface area (Å²) in [7, 11) is 0. The Morgan fingerprint density at radius 2 is 1.90 bits per heavy atom. The number of phenolic OH excluding ortho intramolecular Hbond substituents is 1. The molecule has 1 heterocycles. The molecule has 0 saturated carbocycles. The van der Waals surface area contributed by atoms with Crippen molar-refractivity contribution in [2.75, 3.05) is 11.9 Å². The first-order chi connectivity index (χ1) is 14.0. The Hall–Kier alpha value is -2.34. The van der Waals surface area contributed by atoms with Crippen molar-refractivity contribution in [1.29, 1.82) is 0 Å². The quantitative estimate of drug-likeness (QED) is 0.443. The number of aliphatic hydroxyl groups excluding tert-OH is 1. The molecule has 0 unspecified atom stereocenters. The number of aliphatic hydroxyl groups is 1. The van der Waals surface area contributed by atoms with Crippen molar-refractivity contribution in [3.8, 4) is 5.75 Å². The third kappa shape index (κ3) is 4.32. The van der Waals surface area contributed by atoms with E-state index in [-0.39, 0.29) is 0 Å². The Labute approximate surface area is 175 Å². The van der Waals surface area contributed by atoms with E-state index in [2.05, 4.69) is 15.6 Å². The summed E-state index contributed by atoms with van der Waals surface area (Å²) >= 11 is 6.12. The molecule has 2 aromatic carbocycles. The van der Waals surface area contributed by atoms with Gasteiger partial charge in [-0.1, -0.05) is 11.6 Å². The predicted molar refractivity (Wildman–Crippen MR) is 118 cm³/mol. The fourth-order valence-corrected chi connectivity index (χ4v) is 4.19. The molecule has 0 spiro atoms. The molecule has 3 aromatic rings. The van der Waals surface area contributed by atoms with Crippen molar-refractivity contribution >= 4 is 33.9 Å². The van der Waals surface area contributed by atoms with Gasteiger partial charge >= 0.3 is 0 Å². The predicted octanol–water partition coefficient (Wildman–Crippen LogP) is 4.69. The molecule has 0 saturated heterocycles. The molecule has 4 rings (SSSR count). The van der Waals surface area contributed by atoms with Crippen LogP contribution < -0.4 is 10.6 Å². The highest BCUT2D eigenvalue weighted by atomic mass is 35.5. The first-order valence-electron chi connectivity index (χ1n) is 10.1. The lowest BCUT2D eigenvalue weighted by molar-refractivity contribution is 0.191. The normalized spacial score (nSPS) is 14.6. The summed E-state index contributed by atoms with van der Waals surface area (Å²) in [6, 6.07) is 9.69. The Bertz CT molecular complexity index is 1040. The number of nitrogens with zero attached hydrogens (tertiary/aromatic N) is 1. The van der Waals surface area contributed by atoms with Crippen LogP contribution in [0.25, 0.3) is 10.9 Å². The van der Waals surface area contributed by atoms with Gasteiger partial charge in [0.15, 0.2) is 0 Å². The minimum atomic E-state index is -0.428. The first kappa shape index (κ1) is 20.0. The smallest absolute Gasteiger partial charge is 0.123 e. The third-order valence-electron chi connectivity index (χ3n) is 5.43. The highest BCUT2D eigenvalue weighted by molar-refractivity contribution is 6.31. The Morgan fingerprint density at radius 1 is 1.10 bits per heavy atom. The number of rotatable bonds is 6. The lowest BCUT2D eigenvalue weighted by atomic mass is 9.87. The molecule has 6 heteroatoms. The van der Waals surface area contributed by atoms with E-state index in [0.717, 1.165) is 59.1 Å². The molecule has 1 aliphatic carbocycles. The maximum atomic E-state index is 10.8. The number of aromatic nitrogens is 1. The fraction of sp³-hybridized carbons (Fsp3) is 0.348. The summed E-state index contributed by atoms with van der Waals surface area (Å²) in [4.78, 5) is 4.42. The van der Waals surface area contributed by atoms with E-state index in [9.17, 15) is 10.2 Å². The van der Waals surface area contributed by atoms with Crippen molar-refractivity contribution in [2.24, 2.45) is 0 Å². The van der Waals surface area contributed by atoms with Gasteiger partial charge in [-0.25, -0.2) is 0 Å². The number of aromatic hydroxyl groups is 1. The van der Waals surface area contributed by atoms with E-state index in [1.807, 2.05) is 30.3 Å². The van der Waals surface area contributed by atoms with Gasteiger partial charge in [-0.05, 0) is 74.1 Å². The summed E-state index contributed by atoms with van der Waals surface area (Å²) < 4.78 is 0.